The van der Waals surface area contributed by atoms with E-state index in [1.165, 1.54) is 6.08 Å². The molecule has 0 radical (unpaired) electrons. The van der Waals surface area contributed by atoms with Crippen LogP contribution in [0, 0.1) is 18.3 Å². The summed E-state index contributed by atoms with van der Waals surface area (Å²) in [7, 11) is 0. The van der Waals surface area contributed by atoms with Crippen LogP contribution in [0.1, 0.15) is 23.2 Å². The lowest BCUT2D eigenvalue weighted by atomic mass is 10.1. The van der Waals surface area contributed by atoms with Crippen molar-refractivity contribution in [2.45, 2.75) is 25.9 Å². The third-order valence-electron chi connectivity index (χ3n) is 3.42. The summed E-state index contributed by atoms with van der Waals surface area (Å²) in [5.74, 6) is -1.89. The van der Waals surface area contributed by atoms with Gasteiger partial charge >= 0.3 is 6.18 Å². The molecular weight excluding hydrogens is 293 g/mol. The minimum absolute atomic E-state index is 0.312. The number of aromatic nitrogens is 1. The second-order valence-electron chi connectivity index (χ2n) is 4.79. The van der Waals surface area contributed by atoms with Gasteiger partial charge in [0.05, 0.1) is 11.6 Å². The molecule has 0 spiro atoms. The molecule has 2 rings (SSSR count). The van der Waals surface area contributed by atoms with Crippen molar-refractivity contribution >= 4 is 17.4 Å². The number of nitriles is 1. The van der Waals surface area contributed by atoms with Crippen molar-refractivity contribution in [3.8, 4) is 6.07 Å². The largest absolute Gasteiger partial charge is 0.454 e. The van der Waals surface area contributed by atoms with E-state index in [1.54, 1.807) is 31.3 Å². The maximum Gasteiger partial charge on any atom is 0.454 e. The van der Waals surface area contributed by atoms with E-state index in [4.69, 9.17) is 5.26 Å². The molecule has 0 atom stereocenters. The molecule has 0 aromatic carbocycles. The maximum atomic E-state index is 12.3. The van der Waals surface area contributed by atoms with E-state index >= 15 is 0 Å². The molecule has 2 aromatic heterocycles. The molecule has 0 aliphatic rings. The topological polar surface area (TPSA) is 45.3 Å². The number of ketones is 1. The number of alkyl halides is 3. The lowest BCUT2D eigenvalue weighted by molar-refractivity contribution is -0.165. The van der Waals surface area contributed by atoms with E-state index in [9.17, 15) is 18.0 Å². The van der Waals surface area contributed by atoms with Crippen molar-refractivity contribution < 1.29 is 18.0 Å². The molecule has 0 unspecified atom stereocenters. The zero-order valence-electron chi connectivity index (χ0n) is 11.8. The third-order valence-corrected chi connectivity index (χ3v) is 3.42. The smallest absolute Gasteiger partial charge is 0.320 e. The zero-order valence-corrected chi connectivity index (χ0v) is 11.8. The molecule has 0 aliphatic carbocycles. The lowest BCUT2D eigenvalue weighted by Gasteiger charge is -2.00. The van der Waals surface area contributed by atoms with Gasteiger partial charge in [-0.3, -0.25) is 4.79 Å². The van der Waals surface area contributed by atoms with Crippen LogP contribution < -0.4 is 0 Å². The first-order valence-corrected chi connectivity index (χ1v) is 6.61. The highest BCUT2D eigenvalue weighted by atomic mass is 19.4. The molecule has 0 amide bonds. The second kappa shape index (κ2) is 6.06. The van der Waals surface area contributed by atoms with E-state index in [0.717, 1.165) is 11.3 Å². The standard InChI is InChI=1S/C16H13F3N2O/c1-11-12(7-8-15(22)16(17,18)19)14-5-2-3-10-21(14)13(11)6-4-9-20/h2-3,5,7-8,10H,4,6H2,1H3. The highest BCUT2D eigenvalue weighted by Gasteiger charge is 2.36. The SMILES string of the molecule is Cc1c(C=CC(=O)C(F)(F)F)c2ccccn2c1CCC#N. The maximum absolute atomic E-state index is 12.3. The lowest BCUT2D eigenvalue weighted by Crippen LogP contribution is -2.19. The monoisotopic (exact) mass is 306 g/mol. The third kappa shape index (κ3) is 3.03. The molecule has 114 valence electrons. The van der Waals surface area contributed by atoms with Gasteiger partial charge in [-0.15, -0.1) is 0 Å². The van der Waals surface area contributed by atoms with Crippen LogP contribution >= 0.6 is 0 Å². The summed E-state index contributed by atoms with van der Waals surface area (Å²) in [5.41, 5.74) is 2.90. The molecule has 0 aliphatic heterocycles. The Balaban J connectivity index is 2.50. The van der Waals surface area contributed by atoms with Gasteiger partial charge in [0.1, 0.15) is 0 Å². The normalized spacial score (nSPS) is 12.0. The van der Waals surface area contributed by atoms with Crippen molar-refractivity contribution in [1.29, 1.82) is 5.26 Å². The average Bonchev–Trinajstić information content (AvgIpc) is 2.73. The van der Waals surface area contributed by atoms with E-state index in [1.807, 2.05) is 4.40 Å². The number of allylic oxidation sites excluding steroid dienone is 1. The van der Waals surface area contributed by atoms with Gasteiger partial charge in [0.15, 0.2) is 0 Å². The van der Waals surface area contributed by atoms with Gasteiger partial charge in [-0.1, -0.05) is 6.07 Å². The first kappa shape index (κ1) is 15.8. The average molecular weight is 306 g/mol. The van der Waals surface area contributed by atoms with Gasteiger partial charge in [-0.2, -0.15) is 18.4 Å². The number of carbonyl (C=O) groups is 1. The summed E-state index contributed by atoms with van der Waals surface area (Å²) in [5, 5.41) is 8.72. The van der Waals surface area contributed by atoms with Gasteiger partial charge in [0, 0.05) is 30.3 Å². The number of carbonyl (C=O) groups excluding carboxylic acids is 1. The van der Waals surface area contributed by atoms with Crippen LogP contribution in [0.25, 0.3) is 11.6 Å². The van der Waals surface area contributed by atoms with E-state index < -0.39 is 12.0 Å². The number of rotatable bonds is 4. The van der Waals surface area contributed by atoms with E-state index in [0.29, 0.717) is 30.0 Å². The predicted molar refractivity (Wildman–Crippen MR) is 76.2 cm³/mol. The van der Waals surface area contributed by atoms with Gasteiger partial charge in [-0.25, -0.2) is 0 Å². The van der Waals surface area contributed by atoms with Crippen molar-refractivity contribution in [2.75, 3.05) is 0 Å². The Morgan fingerprint density at radius 2 is 2.14 bits per heavy atom. The van der Waals surface area contributed by atoms with Gasteiger partial charge in [0.25, 0.3) is 5.78 Å². The summed E-state index contributed by atoms with van der Waals surface area (Å²) in [6, 6.07) is 7.39. The highest BCUT2D eigenvalue weighted by molar-refractivity contribution is 5.98. The van der Waals surface area contributed by atoms with Gasteiger partial charge in [0.2, 0.25) is 0 Å². The predicted octanol–water partition coefficient (Wildman–Crippen LogP) is 3.85. The number of nitrogens with zero attached hydrogens (tertiary/aromatic N) is 2. The fourth-order valence-electron chi connectivity index (χ4n) is 2.37. The fourth-order valence-corrected chi connectivity index (χ4v) is 2.37. The van der Waals surface area contributed by atoms with Crippen molar-refractivity contribution in [3.05, 3.63) is 47.3 Å². The van der Waals surface area contributed by atoms with Crippen LogP contribution in [0.2, 0.25) is 0 Å². The van der Waals surface area contributed by atoms with Crippen LogP contribution in [0.5, 0.6) is 0 Å². The Morgan fingerprint density at radius 3 is 2.77 bits per heavy atom. The van der Waals surface area contributed by atoms with Gasteiger partial charge < -0.3 is 4.40 Å². The fraction of sp³-hybridized carbons (Fsp3) is 0.250. The van der Waals surface area contributed by atoms with Crippen LogP contribution in [0.4, 0.5) is 13.2 Å². The molecule has 3 nitrogen and oxygen atoms in total. The Labute approximate surface area is 125 Å². The molecule has 6 heteroatoms. The molecule has 22 heavy (non-hydrogen) atoms. The molecule has 0 saturated heterocycles. The summed E-state index contributed by atoms with van der Waals surface area (Å²) < 4.78 is 38.7. The summed E-state index contributed by atoms with van der Waals surface area (Å²) in [6.45, 7) is 1.78. The molecule has 0 fully saturated rings. The highest BCUT2D eigenvalue weighted by Crippen LogP contribution is 2.26. The minimum atomic E-state index is -4.87. The second-order valence-corrected chi connectivity index (χ2v) is 4.79. The summed E-state index contributed by atoms with van der Waals surface area (Å²) >= 11 is 0. The number of halogens is 3. The number of pyridine rings is 1. The molecule has 0 saturated carbocycles. The van der Waals surface area contributed by atoms with E-state index in [2.05, 4.69) is 6.07 Å². The molecule has 2 aromatic rings. The number of hydrogen-bond acceptors (Lipinski definition) is 2. The quantitative estimate of drug-likeness (QED) is 0.805. The molecular formula is C16H13F3N2O. The van der Waals surface area contributed by atoms with Crippen LogP contribution in [-0.2, 0) is 11.2 Å². The minimum Gasteiger partial charge on any atom is -0.320 e. The van der Waals surface area contributed by atoms with Crippen molar-refractivity contribution in [3.63, 3.8) is 0 Å². The molecule has 2 heterocycles. The van der Waals surface area contributed by atoms with Gasteiger partial charge in [-0.05, 0) is 36.8 Å². The number of fused-ring (bicyclic) bond motifs is 1. The molecule has 0 N–H and O–H groups in total. The van der Waals surface area contributed by atoms with Crippen LogP contribution in [-0.4, -0.2) is 16.4 Å². The summed E-state index contributed by atoms with van der Waals surface area (Å²) in [6.07, 6.45) is -0.539. The Hall–Kier alpha value is -2.55. The summed E-state index contributed by atoms with van der Waals surface area (Å²) in [4.78, 5) is 11.0. The van der Waals surface area contributed by atoms with Crippen molar-refractivity contribution in [2.24, 2.45) is 0 Å². The van der Waals surface area contributed by atoms with Crippen molar-refractivity contribution in [1.82, 2.24) is 4.40 Å². The first-order chi connectivity index (χ1) is 10.4. The Bertz CT molecular complexity index is 779. The van der Waals surface area contributed by atoms with Crippen LogP contribution in [0.3, 0.4) is 0 Å². The Morgan fingerprint density at radius 1 is 1.41 bits per heavy atom. The first-order valence-electron chi connectivity index (χ1n) is 6.61. The molecule has 0 bridgehead atoms. The van der Waals surface area contributed by atoms with Crippen LogP contribution in [0.15, 0.2) is 30.5 Å². The Kier molecular flexibility index (Phi) is 4.36. The zero-order chi connectivity index (χ0) is 16.3. The van der Waals surface area contributed by atoms with E-state index in [-0.39, 0.29) is 0 Å². The number of hydrogen-bond donors (Lipinski definition) is 0. The number of aryl methyl sites for hydroxylation is 1.